The summed E-state index contributed by atoms with van der Waals surface area (Å²) in [5, 5.41) is 6.84. The molecule has 5 nitrogen and oxygen atoms in total. The van der Waals surface area contributed by atoms with Gasteiger partial charge in [0.2, 0.25) is 0 Å². The van der Waals surface area contributed by atoms with Gasteiger partial charge in [-0.3, -0.25) is 9.89 Å². The van der Waals surface area contributed by atoms with Gasteiger partial charge in [-0.1, -0.05) is 18.2 Å². The first kappa shape index (κ1) is 17.1. The fourth-order valence-electron chi connectivity index (χ4n) is 3.14. The summed E-state index contributed by atoms with van der Waals surface area (Å²) in [5.74, 6) is 0.981. The molecule has 1 aliphatic heterocycles. The van der Waals surface area contributed by atoms with E-state index in [4.69, 9.17) is 4.99 Å². The third-order valence-corrected chi connectivity index (χ3v) is 4.83. The van der Waals surface area contributed by atoms with Crippen LogP contribution in [0.4, 0.5) is 5.69 Å². The van der Waals surface area contributed by atoms with Crippen LogP contribution in [0.2, 0.25) is 0 Å². The van der Waals surface area contributed by atoms with Crippen molar-refractivity contribution in [3.05, 3.63) is 30.3 Å². The lowest BCUT2D eigenvalue weighted by molar-refractivity contribution is 0.201. The maximum atomic E-state index is 4.79. The van der Waals surface area contributed by atoms with Gasteiger partial charge in [-0.15, -0.1) is 0 Å². The third kappa shape index (κ3) is 4.87. The van der Waals surface area contributed by atoms with Crippen molar-refractivity contribution in [1.82, 2.24) is 15.5 Å². The lowest BCUT2D eigenvalue weighted by Gasteiger charge is -2.38. The van der Waals surface area contributed by atoms with E-state index in [2.05, 4.69) is 64.6 Å². The standard InChI is InChI=1S/C19H31N5/c1-3-20-19(22-17-9-10-17)21-15-16(2)23-11-13-24(14-12-23)18-7-5-4-6-8-18/h4-8,16-17H,3,9-15H2,1-2H3,(H2,20,21,22). The summed E-state index contributed by atoms with van der Waals surface area (Å²) in [6, 6.07) is 11.9. The maximum Gasteiger partial charge on any atom is 0.191 e. The Morgan fingerprint density at radius 1 is 1.17 bits per heavy atom. The molecule has 1 heterocycles. The summed E-state index contributed by atoms with van der Waals surface area (Å²) >= 11 is 0. The van der Waals surface area contributed by atoms with E-state index >= 15 is 0 Å². The Balaban J connectivity index is 1.46. The third-order valence-electron chi connectivity index (χ3n) is 4.83. The lowest BCUT2D eigenvalue weighted by Crippen LogP contribution is -2.50. The second kappa shape index (κ2) is 8.38. The summed E-state index contributed by atoms with van der Waals surface area (Å²) in [5.41, 5.74) is 1.34. The first-order valence-corrected chi connectivity index (χ1v) is 9.35. The van der Waals surface area contributed by atoms with Crippen molar-refractivity contribution in [2.45, 2.75) is 38.8 Å². The van der Waals surface area contributed by atoms with Gasteiger partial charge < -0.3 is 15.5 Å². The lowest BCUT2D eigenvalue weighted by atomic mass is 10.2. The number of piperazine rings is 1. The van der Waals surface area contributed by atoms with Crippen molar-refractivity contribution >= 4 is 11.6 Å². The smallest absolute Gasteiger partial charge is 0.191 e. The number of nitrogens with one attached hydrogen (secondary N) is 2. The Kier molecular flexibility index (Phi) is 5.96. The number of rotatable bonds is 6. The predicted molar refractivity (Wildman–Crippen MR) is 102 cm³/mol. The van der Waals surface area contributed by atoms with E-state index in [0.29, 0.717) is 12.1 Å². The Hall–Kier alpha value is -1.75. The molecule has 3 rings (SSSR count). The van der Waals surface area contributed by atoms with Gasteiger partial charge in [0, 0.05) is 50.5 Å². The summed E-state index contributed by atoms with van der Waals surface area (Å²) in [6.07, 6.45) is 2.56. The zero-order valence-electron chi connectivity index (χ0n) is 15.0. The first-order valence-electron chi connectivity index (χ1n) is 9.35. The van der Waals surface area contributed by atoms with Crippen LogP contribution >= 0.6 is 0 Å². The first-order chi connectivity index (χ1) is 11.8. The molecule has 0 amide bonds. The van der Waals surface area contributed by atoms with E-state index in [1.807, 2.05) is 0 Å². The molecule has 132 valence electrons. The highest BCUT2D eigenvalue weighted by molar-refractivity contribution is 5.80. The fourth-order valence-corrected chi connectivity index (χ4v) is 3.14. The van der Waals surface area contributed by atoms with Gasteiger partial charge >= 0.3 is 0 Å². The zero-order valence-corrected chi connectivity index (χ0v) is 15.0. The van der Waals surface area contributed by atoms with Crippen molar-refractivity contribution in [3.63, 3.8) is 0 Å². The van der Waals surface area contributed by atoms with E-state index in [1.54, 1.807) is 0 Å². The molecule has 1 aromatic rings. The topological polar surface area (TPSA) is 42.9 Å². The van der Waals surface area contributed by atoms with Crippen LogP contribution < -0.4 is 15.5 Å². The van der Waals surface area contributed by atoms with Crippen molar-refractivity contribution in [3.8, 4) is 0 Å². The highest BCUT2D eigenvalue weighted by Crippen LogP contribution is 2.18. The molecule has 1 aliphatic carbocycles. The maximum absolute atomic E-state index is 4.79. The second-order valence-electron chi connectivity index (χ2n) is 6.85. The number of hydrogen-bond acceptors (Lipinski definition) is 3. The van der Waals surface area contributed by atoms with Gasteiger partial charge in [0.1, 0.15) is 0 Å². The molecule has 1 unspecified atom stereocenters. The quantitative estimate of drug-likeness (QED) is 0.618. The molecule has 1 aromatic carbocycles. The van der Waals surface area contributed by atoms with Gasteiger partial charge in [0.05, 0.1) is 6.54 Å². The number of para-hydroxylation sites is 1. The number of aliphatic imine (C=N–C) groups is 1. The van der Waals surface area contributed by atoms with Crippen molar-refractivity contribution in [1.29, 1.82) is 0 Å². The molecule has 0 aromatic heterocycles. The van der Waals surface area contributed by atoms with Crippen molar-refractivity contribution in [2.75, 3.05) is 44.2 Å². The molecule has 0 spiro atoms. The van der Waals surface area contributed by atoms with E-state index in [9.17, 15) is 0 Å². The van der Waals surface area contributed by atoms with E-state index in [1.165, 1.54) is 18.5 Å². The average Bonchev–Trinajstić information content (AvgIpc) is 3.44. The van der Waals surface area contributed by atoms with Crippen molar-refractivity contribution in [2.24, 2.45) is 4.99 Å². The van der Waals surface area contributed by atoms with Gasteiger partial charge in [-0.05, 0) is 38.8 Å². The van der Waals surface area contributed by atoms with Crippen LogP contribution in [0, 0.1) is 0 Å². The number of anilines is 1. The minimum Gasteiger partial charge on any atom is -0.369 e. The normalized spacial score (nSPS) is 20.8. The number of hydrogen-bond donors (Lipinski definition) is 2. The highest BCUT2D eigenvalue weighted by Gasteiger charge is 2.23. The SMILES string of the molecule is CCNC(=NCC(C)N1CCN(c2ccccc2)CC1)NC1CC1. The minimum absolute atomic E-state index is 0.484. The summed E-state index contributed by atoms with van der Waals surface area (Å²) < 4.78 is 0. The summed E-state index contributed by atoms with van der Waals surface area (Å²) in [6.45, 7) is 10.6. The number of guanidine groups is 1. The molecule has 0 radical (unpaired) electrons. The van der Waals surface area contributed by atoms with Gasteiger partial charge in [-0.25, -0.2) is 0 Å². The average molecular weight is 329 g/mol. The Morgan fingerprint density at radius 3 is 2.50 bits per heavy atom. The van der Waals surface area contributed by atoms with Crippen LogP contribution in [0.5, 0.6) is 0 Å². The van der Waals surface area contributed by atoms with E-state index < -0.39 is 0 Å². The zero-order chi connectivity index (χ0) is 16.8. The molecule has 1 saturated carbocycles. The molecule has 5 heteroatoms. The van der Waals surface area contributed by atoms with E-state index in [-0.39, 0.29) is 0 Å². The molecule has 0 bridgehead atoms. The van der Waals surface area contributed by atoms with Crippen molar-refractivity contribution < 1.29 is 0 Å². The van der Waals surface area contributed by atoms with Gasteiger partial charge in [0.25, 0.3) is 0 Å². The largest absolute Gasteiger partial charge is 0.369 e. The predicted octanol–water partition coefficient (Wildman–Crippen LogP) is 1.91. The van der Waals surface area contributed by atoms with Crippen LogP contribution in [0.25, 0.3) is 0 Å². The number of benzene rings is 1. The molecule has 2 N–H and O–H groups in total. The van der Waals surface area contributed by atoms with Gasteiger partial charge in [-0.2, -0.15) is 0 Å². The second-order valence-corrected chi connectivity index (χ2v) is 6.85. The monoisotopic (exact) mass is 329 g/mol. The Labute approximate surface area is 146 Å². The highest BCUT2D eigenvalue weighted by atomic mass is 15.3. The summed E-state index contributed by atoms with van der Waals surface area (Å²) in [7, 11) is 0. The molecule has 24 heavy (non-hydrogen) atoms. The fraction of sp³-hybridized carbons (Fsp3) is 0.632. The van der Waals surface area contributed by atoms with Crippen LogP contribution in [0.1, 0.15) is 26.7 Å². The molecule has 1 atom stereocenters. The Morgan fingerprint density at radius 2 is 1.88 bits per heavy atom. The van der Waals surface area contributed by atoms with Crippen LogP contribution in [0.15, 0.2) is 35.3 Å². The van der Waals surface area contributed by atoms with Crippen LogP contribution in [-0.2, 0) is 0 Å². The summed E-state index contributed by atoms with van der Waals surface area (Å²) in [4.78, 5) is 9.82. The van der Waals surface area contributed by atoms with Crippen LogP contribution in [-0.4, -0.2) is 62.2 Å². The molecule has 1 saturated heterocycles. The molecule has 2 aliphatic rings. The molecular formula is C19H31N5. The molecular weight excluding hydrogens is 298 g/mol. The molecule has 2 fully saturated rings. The van der Waals surface area contributed by atoms with Gasteiger partial charge in [0.15, 0.2) is 5.96 Å². The number of nitrogens with zero attached hydrogens (tertiary/aromatic N) is 3. The van der Waals surface area contributed by atoms with Crippen LogP contribution in [0.3, 0.4) is 0 Å². The minimum atomic E-state index is 0.484. The van der Waals surface area contributed by atoms with E-state index in [0.717, 1.165) is 45.2 Å². The Bertz CT molecular complexity index is 518.